The van der Waals surface area contributed by atoms with Crippen LogP contribution in [0.2, 0.25) is 0 Å². The van der Waals surface area contributed by atoms with Gasteiger partial charge in [-0.1, -0.05) is 0 Å². The smallest absolute Gasteiger partial charge is 0.328 e. The van der Waals surface area contributed by atoms with Crippen LogP contribution in [0.15, 0.2) is 18.2 Å². The third-order valence-corrected chi connectivity index (χ3v) is 3.53. The molecule has 1 aliphatic rings. The molecule has 0 saturated carbocycles. The average molecular weight is 263 g/mol. The number of hydrogen-bond donors (Lipinski definition) is 1. The number of ketones is 1. The van der Waals surface area contributed by atoms with Gasteiger partial charge in [-0.15, -0.1) is 0 Å². The van der Waals surface area contributed by atoms with Crippen molar-refractivity contribution >= 4 is 18.0 Å². The van der Waals surface area contributed by atoms with Crippen molar-refractivity contribution in [1.82, 2.24) is 0 Å². The van der Waals surface area contributed by atoms with E-state index in [0.717, 1.165) is 5.56 Å². The van der Waals surface area contributed by atoms with Gasteiger partial charge >= 0.3 is 11.8 Å². The molecule has 0 aromatic heterocycles. The lowest BCUT2D eigenvalue weighted by Crippen LogP contribution is -2.35. The Labute approximate surface area is 110 Å². The Morgan fingerprint density at radius 2 is 2.32 bits per heavy atom. The van der Waals surface area contributed by atoms with E-state index in [-0.39, 0.29) is 5.78 Å². The zero-order valence-electron chi connectivity index (χ0n) is 10.5. The van der Waals surface area contributed by atoms with Gasteiger partial charge < -0.3 is 14.6 Å². The highest BCUT2D eigenvalue weighted by atomic mass is 16.5. The van der Waals surface area contributed by atoms with E-state index < -0.39 is 17.8 Å². The molecule has 5 nitrogen and oxygen atoms in total. The lowest BCUT2D eigenvalue weighted by Gasteiger charge is -2.21. The summed E-state index contributed by atoms with van der Waals surface area (Å²) in [4.78, 5) is 32.1. The molecular formula is C14H15O5+. The highest BCUT2D eigenvalue weighted by Gasteiger charge is 2.41. The fraction of sp³-hybridized carbons (Fsp3) is 0.357. The first-order chi connectivity index (χ1) is 9.08. The molecule has 0 heterocycles. The minimum absolute atomic E-state index is 0.0246. The van der Waals surface area contributed by atoms with Crippen LogP contribution in [-0.2, 0) is 16.0 Å². The number of ether oxygens (including phenoxy) is 1. The van der Waals surface area contributed by atoms with Crippen LogP contribution in [0.1, 0.15) is 17.5 Å². The second kappa shape index (κ2) is 5.22. The SMILES string of the molecule is COc1ccc2c(c1)CCC(C(C=O)C(=O)O)C2=[OH+]. The number of aliphatic carboxylic acids is 1. The van der Waals surface area contributed by atoms with Gasteiger partial charge in [0.1, 0.15) is 18.0 Å². The van der Waals surface area contributed by atoms with Crippen LogP contribution in [0.5, 0.6) is 5.75 Å². The van der Waals surface area contributed by atoms with Gasteiger partial charge in [0.25, 0.3) is 0 Å². The maximum atomic E-state index is 11.0. The highest BCUT2D eigenvalue weighted by molar-refractivity contribution is 6.05. The quantitative estimate of drug-likeness (QED) is 0.500. The molecule has 19 heavy (non-hydrogen) atoms. The van der Waals surface area contributed by atoms with E-state index in [4.69, 9.17) is 9.84 Å². The Morgan fingerprint density at radius 1 is 1.58 bits per heavy atom. The number of aldehydes is 1. The van der Waals surface area contributed by atoms with Crippen molar-refractivity contribution < 1.29 is 24.2 Å². The van der Waals surface area contributed by atoms with Gasteiger partial charge in [0, 0.05) is 0 Å². The first-order valence-corrected chi connectivity index (χ1v) is 5.99. The Hall–Kier alpha value is -2.17. The maximum absolute atomic E-state index is 11.0. The Morgan fingerprint density at radius 3 is 2.89 bits per heavy atom. The number of aryl methyl sites for hydroxylation is 1. The van der Waals surface area contributed by atoms with Crippen LogP contribution in [0, 0.1) is 11.8 Å². The lowest BCUT2D eigenvalue weighted by molar-refractivity contribution is -0.144. The minimum Gasteiger partial charge on any atom is -0.497 e. The van der Waals surface area contributed by atoms with Crippen LogP contribution in [0.4, 0.5) is 0 Å². The monoisotopic (exact) mass is 263 g/mol. The third-order valence-electron chi connectivity index (χ3n) is 3.53. The van der Waals surface area contributed by atoms with Crippen LogP contribution in [0.25, 0.3) is 0 Å². The zero-order chi connectivity index (χ0) is 14.0. The van der Waals surface area contributed by atoms with Gasteiger partial charge in [0.05, 0.1) is 18.6 Å². The van der Waals surface area contributed by atoms with E-state index in [1.54, 1.807) is 19.2 Å². The third kappa shape index (κ3) is 2.36. The predicted octanol–water partition coefficient (Wildman–Crippen LogP) is 1.05. The molecule has 0 aliphatic heterocycles. The van der Waals surface area contributed by atoms with E-state index in [2.05, 4.69) is 0 Å². The van der Waals surface area contributed by atoms with E-state index in [1.165, 1.54) is 0 Å². The minimum atomic E-state index is -1.21. The summed E-state index contributed by atoms with van der Waals surface area (Å²) in [6.07, 6.45) is 1.43. The molecule has 2 atom stereocenters. The van der Waals surface area contributed by atoms with E-state index in [1.807, 2.05) is 6.07 Å². The summed E-state index contributed by atoms with van der Waals surface area (Å²) in [6, 6.07) is 5.21. The molecule has 0 spiro atoms. The summed E-state index contributed by atoms with van der Waals surface area (Å²) >= 11 is 0. The van der Waals surface area contributed by atoms with Gasteiger partial charge in [0.15, 0.2) is 0 Å². The molecule has 0 amide bonds. The number of rotatable bonds is 4. The topological polar surface area (TPSA) is 85.0 Å². The zero-order valence-corrected chi connectivity index (χ0v) is 10.5. The molecule has 2 unspecified atom stereocenters. The van der Waals surface area contributed by atoms with Crippen molar-refractivity contribution in [3.05, 3.63) is 29.3 Å². The number of methoxy groups -OCH3 is 1. The molecule has 100 valence electrons. The molecule has 5 heteroatoms. The summed E-state index contributed by atoms with van der Waals surface area (Å²) in [5.41, 5.74) is 1.51. The number of carbonyl (C=O) groups is 2. The van der Waals surface area contributed by atoms with Gasteiger partial charge in [-0.2, -0.15) is 0 Å². The van der Waals surface area contributed by atoms with Gasteiger partial charge in [-0.3, -0.25) is 9.59 Å². The Kier molecular flexibility index (Phi) is 3.64. The van der Waals surface area contributed by atoms with Gasteiger partial charge in [-0.25, -0.2) is 0 Å². The summed E-state index contributed by atoms with van der Waals surface area (Å²) in [5, 5.41) is 9.00. The van der Waals surface area contributed by atoms with Crippen molar-refractivity contribution in [2.75, 3.05) is 7.11 Å². The molecular weight excluding hydrogens is 248 g/mol. The van der Waals surface area contributed by atoms with E-state index in [0.29, 0.717) is 30.4 Å². The van der Waals surface area contributed by atoms with Crippen LogP contribution in [-0.4, -0.2) is 35.0 Å². The van der Waals surface area contributed by atoms with Crippen LogP contribution >= 0.6 is 0 Å². The molecule has 0 radical (unpaired) electrons. The number of carbonyl (C=O) groups excluding carboxylic acids is 2. The Bertz CT molecular complexity index is 535. The van der Waals surface area contributed by atoms with Crippen molar-refractivity contribution in [1.29, 1.82) is 0 Å². The van der Waals surface area contributed by atoms with Crippen molar-refractivity contribution in [3.63, 3.8) is 0 Å². The summed E-state index contributed by atoms with van der Waals surface area (Å²) in [5.74, 6) is -2.40. The van der Waals surface area contributed by atoms with E-state index in [9.17, 15) is 14.4 Å². The van der Waals surface area contributed by atoms with Crippen LogP contribution < -0.4 is 4.74 Å². The summed E-state index contributed by atoms with van der Waals surface area (Å²) in [6.45, 7) is 0. The molecule has 2 rings (SSSR count). The fourth-order valence-corrected chi connectivity index (χ4v) is 2.48. The largest absolute Gasteiger partial charge is 0.497 e. The van der Waals surface area contributed by atoms with Crippen LogP contribution in [0.3, 0.4) is 0 Å². The molecule has 1 aliphatic carbocycles. The molecule has 1 aromatic carbocycles. The highest BCUT2D eigenvalue weighted by Crippen LogP contribution is 2.31. The number of carboxylic acids is 1. The number of fused-ring (bicyclic) bond motifs is 1. The number of hydrogen-bond acceptors (Lipinski definition) is 3. The Balaban J connectivity index is 2.34. The molecule has 0 fully saturated rings. The maximum Gasteiger partial charge on any atom is 0.328 e. The summed E-state index contributed by atoms with van der Waals surface area (Å²) in [7, 11) is 1.56. The molecule has 1 aromatic rings. The fourth-order valence-electron chi connectivity index (χ4n) is 2.48. The van der Waals surface area contributed by atoms with Gasteiger partial charge in [-0.05, 0) is 36.6 Å². The second-order valence-electron chi connectivity index (χ2n) is 4.55. The first-order valence-electron chi connectivity index (χ1n) is 5.99. The van der Waals surface area contributed by atoms with Crippen molar-refractivity contribution in [2.24, 2.45) is 11.8 Å². The van der Waals surface area contributed by atoms with Crippen molar-refractivity contribution in [3.8, 4) is 5.75 Å². The second-order valence-corrected chi connectivity index (χ2v) is 4.55. The predicted molar refractivity (Wildman–Crippen MR) is 68.0 cm³/mol. The normalized spacial score (nSPS) is 19.4. The van der Waals surface area contributed by atoms with Gasteiger partial charge in [0.2, 0.25) is 0 Å². The molecule has 0 saturated heterocycles. The standard InChI is InChI=1S/C14H14O5/c1-19-9-3-5-10-8(6-9)2-4-11(13(10)16)12(7-15)14(17)18/h3,5-7,11-12H,2,4H2,1H3,(H,17,18)/p+1. The number of benzene rings is 1. The van der Waals surface area contributed by atoms with Crippen molar-refractivity contribution in [2.45, 2.75) is 12.8 Å². The average Bonchev–Trinajstić information content (AvgIpc) is 2.41. The van der Waals surface area contributed by atoms with E-state index >= 15 is 0 Å². The summed E-state index contributed by atoms with van der Waals surface area (Å²) < 4.78 is 5.11. The first kappa shape index (κ1) is 13.3. The lowest BCUT2D eigenvalue weighted by atomic mass is 9.76. The molecule has 2 N–H and O–H groups in total. The number of carboxylic acid groups (broad SMARTS) is 1. The molecule has 0 bridgehead atoms.